The Morgan fingerprint density at radius 2 is 0.912 bits per heavy atom. The highest BCUT2D eigenvalue weighted by Gasteiger charge is 2.31. The van der Waals surface area contributed by atoms with Gasteiger partial charge in [-0.3, -0.25) is 0 Å². The fourth-order valence-corrected chi connectivity index (χ4v) is 7.09. The Bertz CT molecular complexity index is 1750. The van der Waals surface area contributed by atoms with Gasteiger partial charge < -0.3 is 0 Å². The van der Waals surface area contributed by atoms with E-state index in [1.54, 1.807) is 0 Å². The molecule has 0 aromatic heterocycles. The number of rotatable bonds is 2. The molecule has 1 aliphatic carbocycles. The predicted molar refractivity (Wildman–Crippen MR) is 152 cm³/mol. The minimum atomic E-state index is 1.11. The third kappa shape index (κ3) is 2.76. The van der Waals surface area contributed by atoms with Gasteiger partial charge in [-0.1, -0.05) is 119 Å². The summed E-state index contributed by atoms with van der Waals surface area (Å²) < 4.78 is 2.26. The minimum absolute atomic E-state index is 1.11. The van der Waals surface area contributed by atoms with E-state index < -0.39 is 0 Å². The maximum Gasteiger partial charge on any atom is 0.0344 e. The summed E-state index contributed by atoms with van der Waals surface area (Å²) in [5.41, 5.74) is 10.3. The first-order valence-corrected chi connectivity index (χ1v) is 12.9. The molecule has 0 fully saturated rings. The van der Waals surface area contributed by atoms with E-state index in [0.29, 0.717) is 0 Å². The third-order valence-corrected chi connectivity index (χ3v) is 8.44. The van der Waals surface area contributed by atoms with Crippen LogP contribution in [0, 0.1) is 0 Å². The zero-order valence-corrected chi connectivity index (χ0v) is 21.3. The van der Waals surface area contributed by atoms with Gasteiger partial charge >= 0.3 is 0 Å². The molecule has 0 heterocycles. The monoisotopic (exact) mass is 560 g/mol. The summed E-state index contributed by atoms with van der Waals surface area (Å²) in [7, 11) is 0. The van der Waals surface area contributed by atoms with Crippen molar-refractivity contribution in [1.29, 1.82) is 0 Å². The quantitative estimate of drug-likeness (QED) is 0.184. The highest BCUT2D eigenvalue weighted by atomic mass is 79.9. The van der Waals surface area contributed by atoms with E-state index >= 15 is 0 Å². The van der Waals surface area contributed by atoms with Crippen LogP contribution in [0.1, 0.15) is 0 Å². The Morgan fingerprint density at radius 1 is 0.382 bits per heavy atom. The van der Waals surface area contributed by atoms with Gasteiger partial charge in [-0.25, -0.2) is 0 Å². The lowest BCUT2D eigenvalue weighted by Gasteiger charge is -2.16. The van der Waals surface area contributed by atoms with Crippen molar-refractivity contribution in [3.8, 4) is 44.5 Å². The number of halogens is 2. The van der Waals surface area contributed by atoms with Crippen LogP contribution in [0.3, 0.4) is 0 Å². The summed E-state index contributed by atoms with van der Waals surface area (Å²) in [6.45, 7) is 0. The van der Waals surface area contributed by atoms with E-state index in [1.165, 1.54) is 66.1 Å². The van der Waals surface area contributed by atoms with Crippen molar-refractivity contribution >= 4 is 53.4 Å². The van der Waals surface area contributed by atoms with Crippen molar-refractivity contribution in [1.82, 2.24) is 0 Å². The zero-order chi connectivity index (χ0) is 22.8. The van der Waals surface area contributed by atoms with E-state index in [0.717, 1.165) is 8.95 Å². The molecule has 0 nitrogen and oxygen atoms in total. The van der Waals surface area contributed by atoms with E-state index in [2.05, 4.69) is 141 Å². The molecule has 0 radical (unpaired) electrons. The molecule has 1 aliphatic rings. The molecular weight excluding hydrogens is 544 g/mol. The van der Waals surface area contributed by atoms with E-state index in [4.69, 9.17) is 0 Å². The molecule has 0 spiro atoms. The van der Waals surface area contributed by atoms with E-state index in [9.17, 15) is 0 Å². The van der Waals surface area contributed by atoms with Gasteiger partial charge in [-0.2, -0.15) is 0 Å². The summed E-state index contributed by atoms with van der Waals surface area (Å²) >= 11 is 7.84. The van der Waals surface area contributed by atoms with Crippen molar-refractivity contribution in [2.45, 2.75) is 0 Å². The van der Waals surface area contributed by atoms with Crippen LogP contribution in [0.5, 0.6) is 0 Å². The molecule has 160 valence electrons. The van der Waals surface area contributed by atoms with Crippen LogP contribution < -0.4 is 0 Å². The number of hydrogen-bond donors (Lipinski definition) is 0. The second kappa shape index (κ2) is 7.66. The summed E-state index contributed by atoms with van der Waals surface area (Å²) in [5, 5.41) is 5.07. The lowest BCUT2D eigenvalue weighted by molar-refractivity contribution is 1.59. The van der Waals surface area contributed by atoms with Crippen molar-refractivity contribution in [2.75, 3.05) is 0 Å². The van der Waals surface area contributed by atoms with Crippen LogP contribution in [0.15, 0.2) is 118 Å². The van der Waals surface area contributed by atoms with Crippen molar-refractivity contribution < 1.29 is 0 Å². The minimum Gasteiger partial charge on any atom is -0.0622 e. The van der Waals surface area contributed by atoms with Gasteiger partial charge in [0.1, 0.15) is 0 Å². The van der Waals surface area contributed by atoms with Gasteiger partial charge in [0.2, 0.25) is 0 Å². The lowest BCUT2D eigenvalue weighted by Crippen LogP contribution is -1.90. The number of fused-ring (bicyclic) bond motifs is 5. The van der Waals surface area contributed by atoms with Crippen molar-refractivity contribution in [2.24, 2.45) is 0 Å². The van der Waals surface area contributed by atoms with Gasteiger partial charge in [-0.05, 0) is 77.3 Å². The van der Waals surface area contributed by atoms with Gasteiger partial charge in [0.05, 0.1) is 0 Å². The molecule has 0 atom stereocenters. The Morgan fingerprint density at radius 3 is 1.56 bits per heavy atom. The van der Waals surface area contributed by atoms with Gasteiger partial charge in [0.15, 0.2) is 0 Å². The molecule has 0 bridgehead atoms. The maximum absolute atomic E-state index is 3.97. The first-order valence-electron chi connectivity index (χ1n) is 11.3. The fraction of sp³-hybridized carbons (Fsp3) is 0. The molecule has 7 rings (SSSR count). The van der Waals surface area contributed by atoms with Crippen LogP contribution in [0.25, 0.3) is 66.1 Å². The van der Waals surface area contributed by atoms with E-state index in [1.807, 2.05) is 0 Å². The molecule has 0 unspecified atom stereocenters. The number of benzene rings is 6. The second-order valence-electron chi connectivity index (χ2n) is 8.72. The van der Waals surface area contributed by atoms with Crippen molar-refractivity contribution in [3.63, 3.8) is 0 Å². The van der Waals surface area contributed by atoms with Crippen LogP contribution in [0.4, 0.5) is 0 Å². The summed E-state index contributed by atoms with van der Waals surface area (Å²) in [4.78, 5) is 0. The fourth-order valence-electron chi connectivity index (χ4n) is 5.54. The van der Waals surface area contributed by atoms with Crippen molar-refractivity contribution in [3.05, 3.63) is 118 Å². The number of hydrogen-bond acceptors (Lipinski definition) is 0. The van der Waals surface area contributed by atoms with Crippen LogP contribution in [-0.2, 0) is 0 Å². The SMILES string of the molecule is Brc1ccc2c3c(c4ccccc4c(Br)c13)-c1c(-c3ccccc3)ccc(-c3ccccc3)c1-2. The molecular formula is C32H18Br2. The normalized spacial score (nSPS) is 11.8. The Labute approximate surface area is 215 Å². The molecule has 6 aromatic rings. The first-order chi connectivity index (χ1) is 16.7. The largest absolute Gasteiger partial charge is 0.0622 e. The Balaban J connectivity index is 1.74. The van der Waals surface area contributed by atoms with Gasteiger partial charge in [0.25, 0.3) is 0 Å². The summed E-state index contributed by atoms with van der Waals surface area (Å²) in [5.74, 6) is 0. The van der Waals surface area contributed by atoms with Crippen LogP contribution in [-0.4, -0.2) is 0 Å². The molecule has 2 heteroatoms. The Kier molecular flexibility index (Phi) is 4.55. The van der Waals surface area contributed by atoms with E-state index in [-0.39, 0.29) is 0 Å². The predicted octanol–water partition coefficient (Wildman–Crippen LogP) is 10.5. The summed E-state index contributed by atoms with van der Waals surface area (Å²) in [6, 6.07) is 39.4. The molecule has 0 N–H and O–H groups in total. The molecule has 0 amide bonds. The average molecular weight is 562 g/mol. The third-order valence-electron chi connectivity index (χ3n) is 6.95. The maximum atomic E-state index is 3.97. The topological polar surface area (TPSA) is 0 Å². The smallest absolute Gasteiger partial charge is 0.0344 e. The van der Waals surface area contributed by atoms with Gasteiger partial charge in [0, 0.05) is 19.7 Å². The second-order valence-corrected chi connectivity index (χ2v) is 10.4. The molecule has 0 saturated heterocycles. The highest BCUT2D eigenvalue weighted by Crippen LogP contribution is 2.58. The Hall–Kier alpha value is -3.20. The molecule has 34 heavy (non-hydrogen) atoms. The van der Waals surface area contributed by atoms with Gasteiger partial charge in [-0.15, -0.1) is 0 Å². The summed E-state index contributed by atoms with van der Waals surface area (Å²) in [6.07, 6.45) is 0. The lowest BCUT2D eigenvalue weighted by atomic mass is 9.87. The zero-order valence-electron chi connectivity index (χ0n) is 18.1. The highest BCUT2D eigenvalue weighted by molar-refractivity contribution is 9.11. The molecule has 6 aromatic carbocycles. The standard InChI is InChI=1S/C32H18Br2/c33-26-18-17-25-27-21(19-9-3-1-4-10-19)15-16-22(20-11-5-2-6-12-20)28(27)29-23-13-7-8-14-24(23)32(34)31(26)30(25)29/h1-18H. The average Bonchev–Trinajstić information content (AvgIpc) is 3.24. The molecule has 0 aliphatic heterocycles. The van der Waals surface area contributed by atoms with Crippen LogP contribution >= 0.6 is 31.9 Å². The molecule has 0 saturated carbocycles. The van der Waals surface area contributed by atoms with Crippen LogP contribution in [0.2, 0.25) is 0 Å². The first kappa shape index (κ1) is 20.2.